The number of hydrogen-bond acceptors (Lipinski definition) is 5. The average Bonchev–Trinajstić information content (AvgIpc) is 2.92. The Morgan fingerprint density at radius 1 is 1.33 bits per heavy atom. The van der Waals surface area contributed by atoms with Gasteiger partial charge < -0.3 is 13.9 Å². The van der Waals surface area contributed by atoms with Crippen molar-refractivity contribution in [3.63, 3.8) is 0 Å². The van der Waals surface area contributed by atoms with Gasteiger partial charge in [-0.2, -0.15) is 0 Å². The fourth-order valence-corrected chi connectivity index (χ4v) is 2.25. The molecule has 0 saturated heterocycles. The van der Waals surface area contributed by atoms with Crippen LogP contribution in [0.2, 0.25) is 0 Å². The molecule has 1 aliphatic carbocycles. The molecule has 0 unspecified atom stereocenters. The van der Waals surface area contributed by atoms with Crippen LogP contribution in [0.5, 0.6) is 0 Å². The number of methoxy groups -OCH3 is 1. The monoisotopic (exact) mass is 252 g/mol. The summed E-state index contributed by atoms with van der Waals surface area (Å²) in [6, 6.07) is 3.16. The van der Waals surface area contributed by atoms with Crippen molar-refractivity contribution in [2.24, 2.45) is 5.92 Å². The minimum absolute atomic E-state index is 0.157. The number of carbonyl (C=O) groups is 2. The molecule has 0 N–H and O–H groups in total. The highest BCUT2D eigenvalue weighted by Gasteiger charge is 2.35. The van der Waals surface area contributed by atoms with Crippen LogP contribution >= 0.6 is 0 Å². The topological polar surface area (TPSA) is 65.7 Å². The normalized spacial score (nSPS) is 23.4. The van der Waals surface area contributed by atoms with Gasteiger partial charge in [0.2, 0.25) is 5.76 Å². The highest BCUT2D eigenvalue weighted by Crippen LogP contribution is 2.28. The van der Waals surface area contributed by atoms with E-state index >= 15 is 0 Å². The molecule has 1 aliphatic rings. The van der Waals surface area contributed by atoms with Gasteiger partial charge in [-0.15, -0.1) is 0 Å². The predicted molar refractivity (Wildman–Crippen MR) is 61.9 cm³/mol. The van der Waals surface area contributed by atoms with E-state index < -0.39 is 12.1 Å². The zero-order valence-electron chi connectivity index (χ0n) is 10.3. The summed E-state index contributed by atoms with van der Waals surface area (Å²) in [4.78, 5) is 23.4. The first kappa shape index (κ1) is 12.7. The number of esters is 2. The molecule has 1 aromatic rings. The molecule has 5 nitrogen and oxygen atoms in total. The molecule has 0 aliphatic heterocycles. The smallest absolute Gasteiger partial charge is 0.374 e. The molecule has 0 radical (unpaired) electrons. The lowest BCUT2D eigenvalue weighted by molar-refractivity contribution is -0.151. The Balaban J connectivity index is 2.01. The van der Waals surface area contributed by atoms with Gasteiger partial charge >= 0.3 is 11.9 Å². The van der Waals surface area contributed by atoms with Crippen molar-refractivity contribution in [3.8, 4) is 0 Å². The van der Waals surface area contributed by atoms with Crippen LogP contribution in [0.4, 0.5) is 0 Å². The van der Waals surface area contributed by atoms with Crippen molar-refractivity contribution in [1.82, 2.24) is 0 Å². The molecular weight excluding hydrogens is 236 g/mol. The number of ether oxygens (including phenoxy) is 2. The first-order valence-corrected chi connectivity index (χ1v) is 6.04. The maximum Gasteiger partial charge on any atom is 0.374 e. The van der Waals surface area contributed by atoms with Crippen LogP contribution in [0.3, 0.4) is 0 Å². The van der Waals surface area contributed by atoms with Gasteiger partial charge in [0.25, 0.3) is 0 Å². The van der Waals surface area contributed by atoms with Gasteiger partial charge in [0.05, 0.1) is 19.3 Å². The SMILES string of the molecule is COC(=O)[C@H]1CCCC[C@@H]1OC(=O)c1ccco1. The van der Waals surface area contributed by atoms with Crippen molar-refractivity contribution < 1.29 is 23.5 Å². The van der Waals surface area contributed by atoms with Crippen LogP contribution in [0.25, 0.3) is 0 Å². The first-order chi connectivity index (χ1) is 8.72. The number of hydrogen-bond donors (Lipinski definition) is 0. The lowest BCUT2D eigenvalue weighted by Gasteiger charge is -2.28. The van der Waals surface area contributed by atoms with Crippen molar-refractivity contribution in [2.75, 3.05) is 7.11 Å². The van der Waals surface area contributed by atoms with Gasteiger partial charge in [0.1, 0.15) is 6.10 Å². The highest BCUT2D eigenvalue weighted by molar-refractivity contribution is 5.86. The van der Waals surface area contributed by atoms with Gasteiger partial charge in [0.15, 0.2) is 0 Å². The highest BCUT2D eigenvalue weighted by atomic mass is 16.6. The summed E-state index contributed by atoms with van der Waals surface area (Å²) in [5, 5.41) is 0. The van der Waals surface area contributed by atoms with Crippen LogP contribution in [0.1, 0.15) is 36.2 Å². The molecule has 0 spiro atoms. The summed E-state index contributed by atoms with van der Waals surface area (Å²) in [5.41, 5.74) is 0. The molecule has 2 rings (SSSR count). The molecule has 18 heavy (non-hydrogen) atoms. The van der Waals surface area contributed by atoms with E-state index in [0.717, 1.165) is 12.8 Å². The molecule has 98 valence electrons. The molecule has 1 fully saturated rings. The molecule has 5 heteroatoms. The Kier molecular flexibility index (Phi) is 4.02. The second kappa shape index (κ2) is 5.71. The Labute approximate surface area is 105 Å². The predicted octanol–water partition coefficient (Wildman–Crippen LogP) is 2.17. The molecule has 1 heterocycles. The number of furan rings is 1. The summed E-state index contributed by atoms with van der Waals surface area (Å²) in [6.45, 7) is 0. The molecule has 1 aromatic heterocycles. The molecular formula is C13H16O5. The van der Waals surface area contributed by atoms with Crippen molar-refractivity contribution in [3.05, 3.63) is 24.2 Å². The third-order valence-electron chi connectivity index (χ3n) is 3.19. The lowest BCUT2D eigenvalue weighted by atomic mass is 9.86. The Morgan fingerprint density at radius 3 is 2.78 bits per heavy atom. The van der Waals surface area contributed by atoms with E-state index in [0.29, 0.717) is 12.8 Å². The first-order valence-electron chi connectivity index (χ1n) is 6.04. The quantitative estimate of drug-likeness (QED) is 0.771. The fourth-order valence-electron chi connectivity index (χ4n) is 2.25. The van der Waals surface area contributed by atoms with Crippen LogP contribution in [0.15, 0.2) is 22.8 Å². The van der Waals surface area contributed by atoms with E-state index in [1.54, 1.807) is 6.07 Å². The third kappa shape index (κ3) is 2.72. The van der Waals surface area contributed by atoms with E-state index in [2.05, 4.69) is 0 Å². The second-order valence-electron chi connectivity index (χ2n) is 4.34. The molecule has 0 amide bonds. The van der Waals surface area contributed by atoms with Crippen molar-refractivity contribution in [1.29, 1.82) is 0 Å². The van der Waals surface area contributed by atoms with Crippen LogP contribution < -0.4 is 0 Å². The fraction of sp³-hybridized carbons (Fsp3) is 0.538. The minimum Gasteiger partial charge on any atom is -0.469 e. The molecule has 1 saturated carbocycles. The number of carbonyl (C=O) groups excluding carboxylic acids is 2. The Hall–Kier alpha value is -1.78. The van der Waals surface area contributed by atoms with Gasteiger partial charge in [-0.3, -0.25) is 4.79 Å². The molecule has 0 aromatic carbocycles. The summed E-state index contributed by atoms with van der Waals surface area (Å²) >= 11 is 0. The van der Waals surface area contributed by atoms with Gasteiger partial charge in [-0.05, 0) is 31.4 Å². The average molecular weight is 252 g/mol. The maximum atomic E-state index is 11.8. The van der Waals surface area contributed by atoms with Crippen molar-refractivity contribution in [2.45, 2.75) is 31.8 Å². The zero-order valence-corrected chi connectivity index (χ0v) is 10.3. The van der Waals surface area contributed by atoms with Crippen LogP contribution in [-0.2, 0) is 14.3 Å². The van der Waals surface area contributed by atoms with E-state index in [1.165, 1.54) is 19.4 Å². The van der Waals surface area contributed by atoms with Gasteiger partial charge in [-0.1, -0.05) is 6.42 Å². The summed E-state index contributed by atoms with van der Waals surface area (Å²) in [6.07, 6.45) is 4.28. The zero-order chi connectivity index (χ0) is 13.0. The molecule has 0 bridgehead atoms. The largest absolute Gasteiger partial charge is 0.469 e. The van der Waals surface area contributed by atoms with Crippen molar-refractivity contribution >= 4 is 11.9 Å². The minimum atomic E-state index is -0.527. The van der Waals surface area contributed by atoms with Crippen LogP contribution in [0, 0.1) is 5.92 Å². The summed E-state index contributed by atoms with van der Waals surface area (Å²) < 4.78 is 15.0. The summed E-state index contributed by atoms with van der Waals surface area (Å²) in [5.74, 6) is -1.04. The standard InChI is InChI=1S/C13H16O5/c1-16-12(14)9-5-2-3-6-10(9)18-13(15)11-7-4-8-17-11/h4,7-10H,2-3,5-6H2,1H3/t9-,10-/m0/s1. The maximum absolute atomic E-state index is 11.8. The Morgan fingerprint density at radius 2 is 2.11 bits per heavy atom. The van der Waals surface area contributed by atoms with E-state index in [9.17, 15) is 9.59 Å². The van der Waals surface area contributed by atoms with Crippen LogP contribution in [-0.4, -0.2) is 25.2 Å². The molecule has 2 atom stereocenters. The third-order valence-corrected chi connectivity index (χ3v) is 3.19. The summed E-state index contributed by atoms with van der Waals surface area (Å²) in [7, 11) is 1.35. The van der Waals surface area contributed by atoms with E-state index in [1.807, 2.05) is 0 Å². The van der Waals surface area contributed by atoms with Gasteiger partial charge in [-0.25, -0.2) is 4.79 Å². The second-order valence-corrected chi connectivity index (χ2v) is 4.34. The number of rotatable bonds is 3. The lowest BCUT2D eigenvalue weighted by Crippen LogP contribution is -2.35. The van der Waals surface area contributed by atoms with E-state index in [4.69, 9.17) is 13.9 Å². The van der Waals surface area contributed by atoms with E-state index in [-0.39, 0.29) is 17.6 Å². The Bertz CT molecular complexity index is 409. The van der Waals surface area contributed by atoms with Gasteiger partial charge in [0, 0.05) is 0 Å².